The molecular formula is C54H34N4. The van der Waals surface area contributed by atoms with Gasteiger partial charge in [-0.3, -0.25) is 4.57 Å². The highest BCUT2D eigenvalue weighted by molar-refractivity contribution is 6.22. The molecule has 0 radical (unpaired) electrons. The van der Waals surface area contributed by atoms with Crippen LogP contribution in [-0.2, 0) is 0 Å². The predicted molar refractivity (Wildman–Crippen MR) is 242 cm³/mol. The van der Waals surface area contributed by atoms with Gasteiger partial charge in [0.1, 0.15) is 0 Å². The van der Waals surface area contributed by atoms with Crippen LogP contribution < -0.4 is 0 Å². The van der Waals surface area contributed by atoms with Crippen LogP contribution in [0.1, 0.15) is 0 Å². The zero-order valence-corrected chi connectivity index (χ0v) is 31.4. The van der Waals surface area contributed by atoms with Crippen molar-refractivity contribution >= 4 is 65.3 Å². The van der Waals surface area contributed by atoms with Crippen LogP contribution >= 0.6 is 0 Å². The fraction of sp³-hybridized carbons (Fsp3) is 0. The Bertz CT molecular complexity index is 3550. The first-order chi connectivity index (χ1) is 28.8. The van der Waals surface area contributed by atoms with Crippen LogP contribution in [0, 0.1) is 0 Å². The second kappa shape index (κ2) is 12.9. The molecule has 0 bridgehead atoms. The van der Waals surface area contributed by atoms with E-state index in [1.807, 2.05) is 6.07 Å². The summed E-state index contributed by atoms with van der Waals surface area (Å²) in [5.41, 5.74) is 13.3. The molecule has 0 fully saturated rings. The summed E-state index contributed by atoms with van der Waals surface area (Å²) in [6.07, 6.45) is 0. The van der Waals surface area contributed by atoms with Crippen molar-refractivity contribution in [2.24, 2.45) is 0 Å². The quantitative estimate of drug-likeness (QED) is 0.176. The van der Waals surface area contributed by atoms with Crippen LogP contribution in [0.2, 0.25) is 0 Å². The van der Waals surface area contributed by atoms with E-state index in [0.29, 0.717) is 5.95 Å². The summed E-state index contributed by atoms with van der Waals surface area (Å²) >= 11 is 0. The van der Waals surface area contributed by atoms with Crippen LogP contribution in [-0.4, -0.2) is 19.1 Å². The number of fused-ring (bicyclic) bond motifs is 9. The molecule has 0 aliphatic rings. The Balaban J connectivity index is 1.11. The molecule has 58 heavy (non-hydrogen) atoms. The Morgan fingerprint density at radius 2 is 0.828 bits per heavy atom. The van der Waals surface area contributed by atoms with E-state index < -0.39 is 0 Å². The van der Waals surface area contributed by atoms with E-state index in [2.05, 4.69) is 209 Å². The zero-order valence-electron chi connectivity index (χ0n) is 31.4. The number of aromatic nitrogens is 4. The second-order valence-electron chi connectivity index (χ2n) is 15.0. The van der Waals surface area contributed by atoms with Crippen LogP contribution in [0.4, 0.5) is 0 Å². The summed E-state index contributed by atoms with van der Waals surface area (Å²) in [5.74, 6) is 0.657. The molecule has 0 N–H and O–H groups in total. The molecule has 0 amide bonds. The van der Waals surface area contributed by atoms with Gasteiger partial charge in [0.2, 0.25) is 5.95 Å². The van der Waals surface area contributed by atoms with Crippen LogP contribution in [0.25, 0.3) is 110 Å². The summed E-state index contributed by atoms with van der Waals surface area (Å²) in [4.78, 5) is 10.6. The summed E-state index contributed by atoms with van der Waals surface area (Å²) < 4.78 is 4.64. The summed E-state index contributed by atoms with van der Waals surface area (Å²) in [6.45, 7) is 0. The highest BCUT2D eigenvalue weighted by atomic mass is 15.2. The molecular weight excluding hydrogens is 705 g/mol. The average Bonchev–Trinajstić information content (AvgIpc) is 3.81. The molecule has 0 saturated heterocycles. The molecule has 0 aliphatic carbocycles. The standard InChI is InChI=1S/C54H34N4/c1-4-14-35(15-5-1)38-25-28-48-44(32-38)45-33-39(26-29-49(45)57(48)41-19-8-3-9-20-41)40-27-30-50-46(34-40)52-42-21-11-10-16-36(42)24-31-51(52)58(50)54-55-47-23-13-12-22-43(47)53(56-54)37-17-6-2-7-18-37/h1-34H. The van der Waals surface area contributed by atoms with E-state index in [-0.39, 0.29) is 0 Å². The monoisotopic (exact) mass is 738 g/mol. The van der Waals surface area contributed by atoms with Gasteiger partial charge in [0.15, 0.2) is 0 Å². The number of nitrogens with zero attached hydrogens (tertiary/aromatic N) is 4. The third kappa shape index (κ3) is 5.02. The SMILES string of the molecule is c1ccc(-c2ccc3c(c2)c2cc(-c4ccc5c(c4)c4c6ccccc6ccc4n5-c4nc(-c5ccccc5)c5ccccc5n4)ccc2n3-c2ccccc2)cc1. The molecule has 4 heteroatoms. The number of hydrogen-bond donors (Lipinski definition) is 0. The first kappa shape index (κ1) is 32.4. The second-order valence-corrected chi connectivity index (χ2v) is 15.0. The minimum absolute atomic E-state index is 0.657. The molecule has 12 rings (SSSR count). The first-order valence-electron chi connectivity index (χ1n) is 19.7. The molecule has 12 aromatic rings. The Morgan fingerprint density at radius 1 is 0.310 bits per heavy atom. The maximum Gasteiger partial charge on any atom is 0.235 e. The van der Waals surface area contributed by atoms with E-state index in [9.17, 15) is 0 Å². The van der Waals surface area contributed by atoms with Gasteiger partial charge in [0, 0.05) is 38.2 Å². The van der Waals surface area contributed by atoms with Crippen LogP contribution in [0.15, 0.2) is 206 Å². The summed E-state index contributed by atoms with van der Waals surface area (Å²) in [6, 6.07) is 73.9. The minimum Gasteiger partial charge on any atom is -0.309 e. The van der Waals surface area contributed by atoms with Gasteiger partial charge in [-0.25, -0.2) is 9.97 Å². The van der Waals surface area contributed by atoms with Gasteiger partial charge < -0.3 is 4.57 Å². The smallest absolute Gasteiger partial charge is 0.235 e. The van der Waals surface area contributed by atoms with Crippen molar-refractivity contribution in [3.8, 4) is 45.1 Å². The van der Waals surface area contributed by atoms with Crippen molar-refractivity contribution in [3.05, 3.63) is 206 Å². The lowest BCUT2D eigenvalue weighted by Gasteiger charge is -2.12. The van der Waals surface area contributed by atoms with E-state index >= 15 is 0 Å². The zero-order chi connectivity index (χ0) is 38.2. The van der Waals surface area contributed by atoms with Gasteiger partial charge >= 0.3 is 0 Å². The topological polar surface area (TPSA) is 35.6 Å². The first-order valence-corrected chi connectivity index (χ1v) is 19.7. The van der Waals surface area contributed by atoms with E-state index in [1.54, 1.807) is 0 Å². The van der Waals surface area contributed by atoms with Crippen molar-refractivity contribution in [1.82, 2.24) is 19.1 Å². The number of hydrogen-bond acceptors (Lipinski definition) is 2. The van der Waals surface area contributed by atoms with E-state index in [4.69, 9.17) is 9.97 Å². The number of para-hydroxylation sites is 2. The molecule has 9 aromatic carbocycles. The van der Waals surface area contributed by atoms with Gasteiger partial charge in [-0.1, -0.05) is 146 Å². The molecule has 0 atom stereocenters. The third-order valence-corrected chi connectivity index (χ3v) is 11.7. The lowest BCUT2D eigenvalue weighted by molar-refractivity contribution is 1.01. The molecule has 3 aromatic heterocycles. The van der Waals surface area contributed by atoms with E-state index in [1.165, 1.54) is 60.0 Å². The lowest BCUT2D eigenvalue weighted by Crippen LogP contribution is -2.03. The van der Waals surface area contributed by atoms with Gasteiger partial charge in [-0.2, -0.15) is 0 Å². The molecule has 270 valence electrons. The van der Waals surface area contributed by atoms with Gasteiger partial charge in [-0.15, -0.1) is 0 Å². The molecule has 0 saturated carbocycles. The fourth-order valence-corrected chi connectivity index (χ4v) is 9.03. The predicted octanol–water partition coefficient (Wildman–Crippen LogP) is 14.0. The van der Waals surface area contributed by atoms with Crippen molar-refractivity contribution in [2.75, 3.05) is 0 Å². The maximum absolute atomic E-state index is 5.34. The summed E-state index contributed by atoms with van der Waals surface area (Å²) in [7, 11) is 0. The summed E-state index contributed by atoms with van der Waals surface area (Å²) in [5, 5.41) is 8.26. The Hall–Kier alpha value is -7.82. The van der Waals surface area contributed by atoms with Crippen molar-refractivity contribution in [2.45, 2.75) is 0 Å². The molecule has 0 unspecified atom stereocenters. The maximum atomic E-state index is 5.34. The lowest BCUT2D eigenvalue weighted by atomic mass is 9.98. The van der Waals surface area contributed by atoms with Crippen molar-refractivity contribution < 1.29 is 0 Å². The third-order valence-electron chi connectivity index (χ3n) is 11.7. The normalized spacial score (nSPS) is 11.8. The number of rotatable bonds is 5. The largest absolute Gasteiger partial charge is 0.309 e. The van der Waals surface area contributed by atoms with Crippen LogP contribution in [0.5, 0.6) is 0 Å². The van der Waals surface area contributed by atoms with Crippen molar-refractivity contribution in [1.29, 1.82) is 0 Å². The minimum atomic E-state index is 0.657. The highest BCUT2D eigenvalue weighted by Crippen LogP contribution is 2.41. The molecule has 4 nitrogen and oxygen atoms in total. The molecule has 0 spiro atoms. The van der Waals surface area contributed by atoms with Gasteiger partial charge in [-0.05, 0) is 93.7 Å². The van der Waals surface area contributed by atoms with Crippen molar-refractivity contribution in [3.63, 3.8) is 0 Å². The van der Waals surface area contributed by atoms with E-state index in [0.717, 1.165) is 44.4 Å². The molecule has 3 heterocycles. The number of benzene rings is 9. The Morgan fingerprint density at radius 3 is 1.52 bits per heavy atom. The average molecular weight is 739 g/mol. The highest BCUT2D eigenvalue weighted by Gasteiger charge is 2.20. The Kier molecular flexibility index (Phi) is 7.20. The molecule has 0 aliphatic heterocycles. The van der Waals surface area contributed by atoms with Gasteiger partial charge in [0.25, 0.3) is 0 Å². The Labute approximate surface area is 334 Å². The fourth-order valence-electron chi connectivity index (χ4n) is 9.03. The van der Waals surface area contributed by atoms with Gasteiger partial charge in [0.05, 0.1) is 33.3 Å². The van der Waals surface area contributed by atoms with Crippen LogP contribution in [0.3, 0.4) is 0 Å².